The highest BCUT2D eigenvalue weighted by Gasteiger charge is 2.25. The predicted octanol–water partition coefficient (Wildman–Crippen LogP) is 2.59. The molecule has 1 atom stereocenters. The third kappa shape index (κ3) is 8.36. The number of nitrogens with zero attached hydrogens (tertiary/aromatic N) is 3. The Balaban J connectivity index is 1.78. The Bertz CT molecular complexity index is 439. The van der Waals surface area contributed by atoms with Crippen molar-refractivity contribution in [3.63, 3.8) is 0 Å². The quantitative estimate of drug-likeness (QED) is 0.516. The van der Waals surface area contributed by atoms with E-state index in [-0.39, 0.29) is 5.41 Å². The molecule has 6 heteroatoms. The molecule has 158 valence electrons. The smallest absolute Gasteiger partial charge is 0.193 e. The van der Waals surface area contributed by atoms with Crippen molar-refractivity contribution in [2.75, 3.05) is 60.0 Å². The van der Waals surface area contributed by atoms with E-state index in [0.717, 1.165) is 71.2 Å². The van der Waals surface area contributed by atoms with Crippen LogP contribution in [0.4, 0.5) is 0 Å². The van der Waals surface area contributed by atoms with Gasteiger partial charge in [0.25, 0.3) is 0 Å². The largest absolute Gasteiger partial charge is 0.376 e. The lowest BCUT2D eigenvalue weighted by Gasteiger charge is -2.35. The molecule has 2 saturated heterocycles. The summed E-state index contributed by atoms with van der Waals surface area (Å²) >= 11 is 0. The Morgan fingerprint density at radius 2 is 1.96 bits per heavy atom. The standard InChI is InChI=1S/C21H42N4O2/c1-6-22-20(23-16-21(2,3)17-24(4)5)25-12-10-18(11-13-25)27-15-19-9-7-8-14-26-19/h18-19H,6-17H2,1-5H3,(H,22,23). The van der Waals surface area contributed by atoms with Gasteiger partial charge < -0.3 is 24.6 Å². The maximum atomic E-state index is 6.15. The number of ether oxygens (including phenoxy) is 2. The lowest BCUT2D eigenvalue weighted by atomic mass is 9.93. The minimum atomic E-state index is 0.172. The van der Waals surface area contributed by atoms with E-state index >= 15 is 0 Å². The van der Waals surface area contributed by atoms with Gasteiger partial charge in [-0.3, -0.25) is 4.99 Å². The molecule has 0 spiro atoms. The van der Waals surface area contributed by atoms with Crippen molar-refractivity contribution >= 4 is 5.96 Å². The molecular formula is C21H42N4O2. The highest BCUT2D eigenvalue weighted by molar-refractivity contribution is 5.80. The van der Waals surface area contributed by atoms with E-state index in [9.17, 15) is 0 Å². The van der Waals surface area contributed by atoms with E-state index in [0.29, 0.717) is 12.2 Å². The first-order chi connectivity index (χ1) is 12.9. The van der Waals surface area contributed by atoms with Gasteiger partial charge in [-0.2, -0.15) is 0 Å². The van der Waals surface area contributed by atoms with Crippen LogP contribution in [0.2, 0.25) is 0 Å². The lowest BCUT2D eigenvalue weighted by molar-refractivity contribution is -0.0721. The summed E-state index contributed by atoms with van der Waals surface area (Å²) in [6.45, 7) is 13.2. The van der Waals surface area contributed by atoms with Gasteiger partial charge in [0.15, 0.2) is 5.96 Å². The number of aliphatic imine (C=N–C) groups is 1. The van der Waals surface area contributed by atoms with Gasteiger partial charge in [0.1, 0.15) is 0 Å². The molecule has 6 nitrogen and oxygen atoms in total. The molecule has 0 aliphatic carbocycles. The molecule has 2 heterocycles. The first-order valence-corrected chi connectivity index (χ1v) is 10.8. The molecule has 0 saturated carbocycles. The van der Waals surface area contributed by atoms with Crippen LogP contribution in [-0.2, 0) is 9.47 Å². The number of hydrogen-bond donors (Lipinski definition) is 1. The van der Waals surface area contributed by atoms with Crippen molar-refractivity contribution in [3.8, 4) is 0 Å². The van der Waals surface area contributed by atoms with Crippen LogP contribution in [0.5, 0.6) is 0 Å². The van der Waals surface area contributed by atoms with E-state index in [1.165, 1.54) is 12.8 Å². The third-order valence-corrected chi connectivity index (χ3v) is 5.27. The van der Waals surface area contributed by atoms with Gasteiger partial charge in [-0.1, -0.05) is 13.8 Å². The van der Waals surface area contributed by atoms with Gasteiger partial charge in [-0.25, -0.2) is 0 Å². The van der Waals surface area contributed by atoms with Crippen LogP contribution in [-0.4, -0.2) is 88.0 Å². The summed E-state index contributed by atoms with van der Waals surface area (Å²) < 4.78 is 11.9. The van der Waals surface area contributed by atoms with Gasteiger partial charge >= 0.3 is 0 Å². The average molecular weight is 383 g/mol. The van der Waals surface area contributed by atoms with Gasteiger partial charge in [0.05, 0.1) is 18.8 Å². The predicted molar refractivity (Wildman–Crippen MR) is 112 cm³/mol. The molecule has 0 aromatic rings. The van der Waals surface area contributed by atoms with Crippen LogP contribution in [0.1, 0.15) is 52.9 Å². The summed E-state index contributed by atoms with van der Waals surface area (Å²) in [7, 11) is 4.25. The Morgan fingerprint density at radius 1 is 1.22 bits per heavy atom. The molecule has 2 fully saturated rings. The second-order valence-electron chi connectivity index (χ2n) is 9.08. The molecule has 0 amide bonds. The zero-order valence-corrected chi connectivity index (χ0v) is 18.3. The van der Waals surface area contributed by atoms with Crippen LogP contribution in [0, 0.1) is 5.41 Å². The fourth-order valence-corrected chi connectivity index (χ4v) is 4.04. The molecule has 27 heavy (non-hydrogen) atoms. The van der Waals surface area contributed by atoms with Crippen LogP contribution >= 0.6 is 0 Å². The maximum absolute atomic E-state index is 6.15. The van der Waals surface area contributed by atoms with Crippen LogP contribution in [0.3, 0.4) is 0 Å². The molecule has 2 aliphatic rings. The third-order valence-electron chi connectivity index (χ3n) is 5.27. The highest BCUT2D eigenvalue weighted by Crippen LogP contribution is 2.19. The second-order valence-corrected chi connectivity index (χ2v) is 9.08. The molecule has 0 bridgehead atoms. The summed E-state index contributed by atoms with van der Waals surface area (Å²) in [5, 5.41) is 3.48. The summed E-state index contributed by atoms with van der Waals surface area (Å²) in [6, 6.07) is 0. The maximum Gasteiger partial charge on any atom is 0.193 e. The fourth-order valence-electron chi connectivity index (χ4n) is 4.04. The van der Waals surface area contributed by atoms with E-state index in [1.807, 2.05) is 0 Å². The Kier molecular flexibility index (Phi) is 9.33. The summed E-state index contributed by atoms with van der Waals surface area (Å²) in [4.78, 5) is 9.58. The van der Waals surface area contributed by atoms with E-state index < -0.39 is 0 Å². The lowest BCUT2D eigenvalue weighted by Crippen LogP contribution is -2.47. The van der Waals surface area contributed by atoms with E-state index in [2.05, 4.69) is 50.0 Å². The van der Waals surface area contributed by atoms with Crippen LogP contribution < -0.4 is 5.32 Å². The monoisotopic (exact) mass is 382 g/mol. The Labute approximate surface area is 166 Å². The van der Waals surface area contributed by atoms with Gasteiger partial charge in [0.2, 0.25) is 0 Å². The molecule has 1 unspecified atom stereocenters. The number of rotatable bonds is 8. The SMILES string of the molecule is CCNC(=NCC(C)(C)CN(C)C)N1CCC(OCC2CCCCO2)CC1. The van der Waals surface area contributed by atoms with Crippen LogP contribution in [0.25, 0.3) is 0 Å². The van der Waals surface area contributed by atoms with Crippen molar-refractivity contribution in [1.82, 2.24) is 15.1 Å². The van der Waals surface area contributed by atoms with Gasteiger partial charge in [-0.05, 0) is 58.5 Å². The zero-order valence-electron chi connectivity index (χ0n) is 18.3. The number of likely N-dealkylation sites (tertiary alicyclic amines) is 1. The second kappa shape index (κ2) is 11.2. The van der Waals surface area contributed by atoms with Gasteiger partial charge in [-0.15, -0.1) is 0 Å². The fraction of sp³-hybridized carbons (Fsp3) is 0.952. The Morgan fingerprint density at radius 3 is 2.56 bits per heavy atom. The van der Waals surface area contributed by atoms with Crippen molar-refractivity contribution < 1.29 is 9.47 Å². The number of piperidine rings is 1. The van der Waals surface area contributed by atoms with Gasteiger partial charge in [0, 0.05) is 39.3 Å². The normalized spacial score (nSPS) is 23.1. The number of hydrogen-bond acceptors (Lipinski definition) is 4. The molecule has 2 aliphatic heterocycles. The zero-order chi connectivity index (χ0) is 19.7. The van der Waals surface area contributed by atoms with Crippen molar-refractivity contribution in [2.24, 2.45) is 10.4 Å². The van der Waals surface area contributed by atoms with Crippen LogP contribution in [0.15, 0.2) is 4.99 Å². The molecule has 0 aromatic carbocycles. The molecule has 0 aromatic heterocycles. The van der Waals surface area contributed by atoms with E-state index in [1.54, 1.807) is 0 Å². The first-order valence-electron chi connectivity index (χ1n) is 10.8. The topological polar surface area (TPSA) is 49.3 Å². The van der Waals surface area contributed by atoms with Crippen molar-refractivity contribution in [2.45, 2.75) is 65.1 Å². The first kappa shape index (κ1) is 22.4. The summed E-state index contributed by atoms with van der Waals surface area (Å²) in [6.07, 6.45) is 6.44. The Hall–Kier alpha value is -0.850. The molecular weight excluding hydrogens is 340 g/mol. The number of guanidine groups is 1. The molecule has 2 rings (SSSR count). The molecule has 1 N–H and O–H groups in total. The van der Waals surface area contributed by atoms with Crippen molar-refractivity contribution in [3.05, 3.63) is 0 Å². The summed E-state index contributed by atoms with van der Waals surface area (Å²) in [5.41, 5.74) is 0.172. The summed E-state index contributed by atoms with van der Waals surface area (Å²) in [5.74, 6) is 1.05. The van der Waals surface area contributed by atoms with Crippen molar-refractivity contribution in [1.29, 1.82) is 0 Å². The minimum absolute atomic E-state index is 0.172. The molecule has 0 radical (unpaired) electrons. The minimum Gasteiger partial charge on any atom is -0.376 e. The van der Waals surface area contributed by atoms with E-state index in [4.69, 9.17) is 14.5 Å². The average Bonchev–Trinajstić information content (AvgIpc) is 2.64. The number of nitrogens with one attached hydrogen (secondary N) is 1. The highest BCUT2D eigenvalue weighted by atomic mass is 16.5.